The number of nitrogens with zero attached hydrogens (tertiary/aromatic N) is 2. The first-order valence-corrected chi connectivity index (χ1v) is 12.0. The molecule has 1 unspecified atom stereocenters. The zero-order valence-electron chi connectivity index (χ0n) is 20.2. The van der Waals surface area contributed by atoms with Crippen LogP contribution in [0, 0.1) is 6.92 Å². The fourth-order valence-corrected chi connectivity index (χ4v) is 4.15. The molecule has 1 saturated heterocycles. The van der Waals surface area contributed by atoms with Gasteiger partial charge in [0.05, 0.1) is 12.7 Å². The van der Waals surface area contributed by atoms with Gasteiger partial charge in [-0.25, -0.2) is 4.98 Å². The Morgan fingerprint density at radius 3 is 2.51 bits per heavy atom. The van der Waals surface area contributed by atoms with Crippen molar-refractivity contribution in [2.24, 2.45) is 0 Å². The zero-order chi connectivity index (χ0) is 24.6. The van der Waals surface area contributed by atoms with Crippen LogP contribution in [0.2, 0.25) is 0 Å². The average molecular weight is 473 g/mol. The number of nitrogens with one attached hydrogen (secondary N) is 2. The molecule has 2 amide bonds. The second-order valence-corrected chi connectivity index (χ2v) is 8.90. The van der Waals surface area contributed by atoms with Crippen molar-refractivity contribution >= 4 is 17.6 Å². The smallest absolute Gasteiger partial charge is 0.247 e. The number of amides is 2. The van der Waals surface area contributed by atoms with Gasteiger partial charge in [0.25, 0.3) is 0 Å². The Labute approximate surface area is 206 Å². The standard InChI is InChI=1S/C28H32N4O3/c1-20-8-10-22(11-9-20)14-16-29-27(23-6-4-3-5-7-23)28(34)31-26-13-12-24(18-30-26)35-25-15-17-32(19-25)21(2)33/h3-13,18,25,27,29H,14-17,19H2,1-2H3,(H,30,31,34)/t25?,27-/m0/s1. The second kappa shape index (κ2) is 11.6. The molecule has 1 fully saturated rings. The summed E-state index contributed by atoms with van der Waals surface area (Å²) in [4.78, 5) is 30.8. The summed E-state index contributed by atoms with van der Waals surface area (Å²) in [5, 5.41) is 6.31. The van der Waals surface area contributed by atoms with E-state index in [9.17, 15) is 9.59 Å². The number of carbonyl (C=O) groups is 2. The number of aromatic nitrogens is 1. The highest BCUT2D eigenvalue weighted by atomic mass is 16.5. The summed E-state index contributed by atoms with van der Waals surface area (Å²) in [5.74, 6) is 0.969. The number of ether oxygens (including phenoxy) is 1. The van der Waals surface area contributed by atoms with E-state index in [4.69, 9.17) is 4.74 Å². The van der Waals surface area contributed by atoms with Gasteiger partial charge in [-0.3, -0.25) is 9.59 Å². The van der Waals surface area contributed by atoms with Gasteiger partial charge in [-0.2, -0.15) is 0 Å². The first-order chi connectivity index (χ1) is 17.0. The predicted octanol–water partition coefficient (Wildman–Crippen LogP) is 3.90. The van der Waals surface area contributed by atoms with Crippen LogP contribution in [-0.2, 0) is 16.0 Å². The van der Waals surface area contributed by atoms with E-state index in [-0.39, 0.29) is 17.9 Å². The number of rotatable bonds is 9. The summed E-state index contributed by atoms with van der Waals surface area (Å²) in [7, 11) is 0. The van der Waals surface area contributed by atoms with E-state index in [2.05, 4.69) is 46.8 Å². The minimum atomic E-state index is -0.504. The minimum Gasteiger partial charge on any atom is -0.487 e. The van der Waals surface area contributed by atoms with Crippen molar-refractivity contribution in [3.8, 4) is 5.75 Å². The van der Waals surface area contributed by atoms with Crippen molar-refractivity contribution in [2.75, 3.05) is 25.0 Å². The van der Waals surface area contributed by atoms with Crippen LogP contribution >= 0.6 is 0 Å². The Kier molecular flexibility index (Phi) is 8.11. The van der Waals surface area contributed by atoms with Gasteiger partial charge >= 0.3 is 0 Å². The van der Waals surface area contributed by atoms with Gasteiger partial charge in [-0.1, -0.05) is 60.2 Å². The van der Waals surface area contributed by atoms with Crippen LogP contribution in [0.1, 0.15) is 36.1 Å². The lowest BCUT2D eigenvalue weighted by Crippen LogP contribution is -2.34. The molecular formula is C28H32N4O3. The molecule has 7 heteroatoms. The van der Waals surface area contributed by atoms with Gasteiger partial charge in [0, 0.05) is 26.4 Å². The Hall–Kier alpha value is -3.71. The summed E-state index contributed by atoms with van der Waals surface area (Å²) in [6.45, 7) is 5.60. The Bertz CT molecular complexity index is 1120. The molecule has 0 radical (unpaired) electrons. The maximum Gasteiger partial charge on any atom is 0.247 e. The van der Waals surface area contributed by atoms with Crippen LogP contribution in [0.15, 0.2) is 72.9 Å². The van der Waals surface area contributed by atoms with Crippen molar-refractivity contribution in [3.05, 3.63) is 89.6 Å². The fraction of sp³-hybridized carbons (Fsp3) is 0.321. The van der Waals surface area contributed by atoms with E-state index in [1.807, 2.05) is 30.3 Å². The van der Waals surface area contributed by atoms with Gasteiger partial charge in [0.2, 0.25) is 11.8 Å². The molecule has 2 aromatic carbocycles. The molecule has 1 aromatic heterocycles. The van der Waals surface area contributed by atoms with Gasteiger partial charge in [0.15, 0.2) is 0 Å². The van der Waals surface area contributed by atoms with Gasteiger partial charge in [0.1, 0.15) is 23.7 Å². The highest BCUT2D eigenvalue weighted by molar-refractivity contribution is 5.94. The lowest BCUT2D eigenvalue weighted by molar-refractivity contribution is -0.128. The first-order valence-electron chi connectivity index (χ1n) is 12.0. The highest BCUT2D eigenvalue weighted by Crippen LogP contribution is 2.20. The van der Waals surface area contributed by atoms with Crippen LogP contribution in [0.5, 0.6) is 5.75 Å². The molecule has 2 heterocycles. The quantitative estimate of drug-likeness (QED) is 0.494. The normalized spacial score (nSPS) is 16.1. The van der Waals surface area contributed by atoms with Crippen LogP contribution in [0.4, 0.5) is 5.82 Å². The van der Waals surface area contributed by atoms with E-state index in [0.717, 1.165) is 18.4 Å². The van der Waals surface area contributed by atoms with Crippen LogP contribution < -0.4 is 15.4 Å². The molecule has 2 atom stereocenters. The fourth-order valence-electron chi connectivity index (χ4n) is 4.15. The van der Waals surface area contributed by atoms with Crippen molar-refractivity contribution in [1.29, 1.82) is 0 Å². The van der Waals surface area contributed by atoms with E-state index < -0.39 is 6.04 Å². The molecule has 0 spiro atoms. The average Bonchev–Trinajstić information content (AvgIpc) is 3.34. The number of hydrogen-bond donors (Lipinski definition) is 2. The summed E-state index contributed by atoms with van der Waals surface area (Å²) < 4.78 is 5.95. The monoisotopic (exact) mass is 472 g/mol. The summed E-state index contributed by atoms with van der Waals surface area (Å²) in [5.41, 5.74) is 3.35. The number of carbonyl (C=O) groups excluding carboxylic acids is 2. The maximum atomic E-state index is 13.2. The summed E-state index contributed by atoms with van der Waals surface area (Å²) in [6.07, 6.45) is 3.18. The molecule has 0 aliphatic carbocycles. The maximum absolute atomic E-state index is 13.2. The van der Waals surface area contributed by atoms with Crippen molar-refractivity contribution in [3.63, 3.8) is 0 Å². The molecule has 2 N–H and O–H groups in total. The Morgan fingerprint density at radius 1 is 1.09 bits per heavy atom. The third-order valence-electron chi connectivity index (χ3n) is 6.16. The molecular weight excluding hydrogens is 440 g/mol. The molecule has 7 nitrogen and oxygen atoms in total. The van der Waals surface area contributed by atoms with Crippen molar-refractivity contribution in [1.82, 2.24) is 15.2 Å². The van der Waals surface area contributed by atoms with Gasteiger partial charge < -0.3 is 20.3 Å². The van der Waals surface area contributed by atoms with E-state index in [0.29, 0.717) is 31.2 Å². The summed E-state index contributed by atoms with van der Waals surface area (Å²) in [6, 6.07) is 21.1. The molecule has 0 saturated carbocycles. The summed E-state index contributed by atoms with van der Waals surface area (Å²) >= 11 is 0. The number of hydrogen-bond acceptors (Lipinski definition) is 5. The Morgan fingerprint density at radius 2 is 1.86 bits per heavy atom. The highest BCUT2D eigenvalue weighted by Gasteiger charge is 2.26. The van der Waals surface area contributed by atoms with Gasteiger partial charge in [-0.05, 0) is 36.6 Å². The largest absolute Gasteiger partial charge is 0.487 e. The van der Waals surface area contributed by atoms with Crippen molar-refractivity contribution in [2.45, 2.75) is 38.8 Å². The van der Waals surface area contributed by atoms with Crippen LogP contribution in [0.25, 0.3) is 0 Å². The lowest BCUT2D eigenvalue weighted by Gasteiger charge is -2.19. The topological polar surface area (TPSA) is 83.6 Å². The van der Waals surface area contributed by atoms with E-state index in [1.54, 1.807) is 30.2 Å². The number of likely N-dealkylation sites (tertiary alicyclic amines) is 1. The lowest BCUT2D eigenvalue weighted by atomic mass is 10.1. The second-order valence-electron chi connectivity index (χ2n) is 8.90. The third-order valence-corrected chi connectivity index (χ3v) is 6.16. The van der Waals surface area contributed by atoms with E-state index >= 15 is 0 Å². The molecule has 182 valence electrons. The van der Waals surface area contributed by atoms with Crippen LogP contribution in [0.3, 0.4) is 0 Å². The van der Waals surface area contributed by atoms with Crippen molar-refractivity contribution < 1.29 is 14.3 Å². The Balaban J connectivity index is 1.35. The van der Waals surface area contributed by atoms with Gasteiger partial charge in [-0.15, -0.1) is 0 Å². The third kappa shape index (κ3) is 6.90. The number of aryl methyl sites for hydroxylation is 1. The number of pyridine rings is 1. The molecule has 3 aromatic rings. The number of anilines is 1. The van der Waals surface area contributed by atoms with E-state index in [1.165, 1.54) is 11.1 Å². The molecule has 1 aliphatic heterocycles. The number of benzene rings is 2. The van der Waals surface area contributed by atoms with Crippen LogP contribution in [-0.4, -0.2) is 47.4 Å². The molecule has 1 aliphatic rings. The predicted molar refractivity (Wildman–Crippen MR) is 136 cm³/mol. The SMILES string of the molecule is CC(=O)N1CCC(Oc2ccc(NC(=O)[C@@H](NCCc3ccc(C)cc3)c3ccccc3)nc2)C1. The molecule has 35 heavy (non-hydrogen) atoms. The first kappa shape index (κ1) is 24.4. The minimum absolute atomic E-state index is 0.0404. The molecule has 0 bridgehead atoms. The zero-order valence-corrected chi connectivity index (χ0v) is 20.2. The molecule has 4 rings (SSSR count).